The molecular weight excluding hydrogens is 422 g/mol. The van der Waals surface area contributed by atoms with E-state index >= 15 is 0 Å². The maximum atomic E-state index is 13.4. The van der Waals surface area contributed by atoms with Crippen molar-refractivity contribution in [3.8, 4) is 0 Å². The number of rotatable bonds is 5. The molecule has 0 atom stereocenters. The van der Waals surface area contributed by atoms with Gasteiger partial charge in [-0.25, -0.2) is 13.4 Å². The van der Waals surface area contributed by atoms with Gasteiger partial charge >= 0.3 is 0 Å². The number of hydrogen-bond acceptors (Lipinski definition) is 6. The summed E-state index contributed by atoms with van der Waals surface area (Å²) in [6, 6.07) is 15.0. The molecule has 0 amide bonds. The van der Waals surface area contributed by atoms with E-state index in [1.165, 1.54) is 30.2 Å². The standard InChI is InChI=1S/C24H27N5O2S/c1-2-17-13-15-19(16-14-17)32(30,31)24-23-26-22(25-18-9-5-3-4-6-10-18)20-11-7-8-12-21(20)29(23)28-27-24/h7-8,11-16,18H,2-6,9-10H2,1H3,(H,25,26). The topological polar surface area (TPSA) is 89.2 Å². The molecule has 1 N–H and O–H groups in total. The minimum Gasteiger partial charge on any atom is -0.367 e. The monoisotopic (exact) mass is 449 g/mol. The first-order valence-corrected chi connectivity index (χ1v) is 12.8. The molecule has 0 radical (unpaired) electrons. The zero-order valence-corrected chi connectivity index (χ0v) is 19.0. The van der Waals surface area contributed by atoms with Crippen molar-refractivity contribution in [3.63, 3.8) is 0 Å². The Morgan fingerprint density at radius 2 is 1.72 bits per heavy atom. The van der Waals surface area contributed by atoms with Crippen molar-refractivity contribution < 1.29 is 8.42 Å². The first kappa shape index (κ1) is 20.9. The van der Waals surface area contributed by atoms with E-state index in [1.807, 2.05) is 43.3 Å². The van der Waals surface area contributed by atoms with E-state index in [0.717, 1.165) is 35.7 Å². The molecule has 0 unspecified atom stereocenters. The number of aromatic nitrogens is 4. The van der Waals surface area contributed by atoms with Gasteiger partial charge in [-0.1, -0.05) is 62.1 Å². The van der Waals surface area contributed by atoms with E-state index in [-0.39, 0.29) is 15.6 Å². The molecule has 0 saturated heterocycles. The van der Waals surface area contributed by atoms with Crippen LogP contribution in [-0.2, 0) is 16.3 Å². The van der Waals surface area contributed by atoms with Crippen LogP contribution in [0.25, 0.3) is 16.6 Å². The molecule has 5 rings (SSSR count). The quantitative estimate of drug-likeness (QED) is 0.440. The molecule has 1 aliphatic carbocycles. The molecule has 0 aliphatic heterocycles. The van der Waals surface area contributed by atoms with E-state index < -0.39 is 9.84 Å². The third-order valence-electron chi connectivity index (χ3n) is 6.31. The molecule has 1 aliphatic rings. The first-order valence-electron chi connectivity index (χ1n) is 11.3. The number of anilines is 1. The molecule has 0 bridgehead atoms. The molecule has 166 valence electrons. The first-order chi connectivity index (χ1) is 15.6. The molecule has 2 heterocycles. The lowest BCUT2D eigenvalue weighted by molar-refractivity contribution is 0.592. The van der Waals surface area contributed by atoms with Gasteiger partial charge in [0.15, 0.2) is 5.65 Å². The highest BCUT2D eigenvalue weighted by atomic mass is 32.2. The van der Waals surface area contributed by atoms with Crippen molar-refractivity contribution in [2.45, 2.75) is 67.8 Å². The molecule has 7 nitrogen and oxygen atoms in total. The summed E-state index contributed by atoms with van der Waals surface area (Å²) in [4.78, 5) is 4.96. The van der Waals surface area contributed by atoms with Crippen LogP contribution in [0.4, 0.5) is 5.82 Å². The average molecular weight is 450 g/mol. The fraction of sp³-hybridized carbons (Fsp3) is 0.375. The van der Waals surface area contributed by atoms with Gasteiger partial charge in [0.25, 0.3) is 0 Å². The number of para-hydroxylation sites is 1. The van der Waals surface area contributed by atoms with E-state index in [0.29, 0.717) is 11.9 Å². The fourth-order valence-corrected chi connectivity index (χ4v) is 5.70. The number of nitrogens with one attached hydrogen (secondary N) is 1. The van der Waals surface area contributed by atoms with Crippen LogP contribution in [0.5, 0.6) is 0 Å². The maximum absolute atomic E-state index is 13.4. The lowest BCUT2D eigenvalue weighted by atomic mass is 10.1. The molecule has 2 aromatic carbocycles. The smallest absolute Gasteiger partial charge is 0.229 e. The molecular formula is C24H27N5O2S. The van der Waals surface area contributed by atoms with Crippen molar-refractivity contribution in [1.29, 1.82) is 0 Å². The van der Waals surface area contributed by atoms with Crippen LogP contribution in [0.15, 0.2) is 58.5 Å². The lowest BCUT2D eigenvalue weighted by Crippen LogP contribution is -2.19. The molecule has 2 aromatic heterocycles. The van der Waals surface area contributed by atoms with Crippen molar-refractivity contribution in [1.82, 2.24) is 19.8 Å². The highest BCUT2D eigenvalue weighted by molar-refractivity contribution is 7.91. The van der Waals surface area contributed by atoms with Gasteiger partial charge < -0.3 is 5.32 Å². The van der Waals surface area contributed by atoms with Gasteiger partial charge in [-0.3, -0.25) is 0 Å². The van der Waals surface area contributed by atoms with Crippen molar-refractivity contribution in [2.75, 3.05) is 5.32 Å². The zero-order valence-electron chi connectivity index (χ0n) is 18.2. The van der Waals surface area contributed by atoms with Crippen LogP contribution in [0, 0.1) is 0 Å². The summed E-state index contributed by atoms with van der Waals surface area (Å²) < 4.78 is 28.4. The molecule has 4 aromatic rings. The minimum absolute atomic E-state index is 0.114. The fourth-order valence-electron chi connectivity index (χ4n) is 4.46. The Kier molecular flexibility index (Phi) is 5.55. The number of benzene rings is 2. The third-order valence-corrected chi connectivity index (χ3v) is 7.98. The van der Waals surface area contributed by atoms with Crippen LogP contribution in [-0.4, -0.2) is 34.3 Å². The van der Waals surface area contributed by atoms with E-state index in [1.54, 1.807) is 12.1 Å². The van der Waals surface area contributed by atoms with Crippen LogP contribution in [0.3, 0.4) is 0 Å². The Hall–Kier alpha value is -3.00. The Morgan fingerprint density at radius 3 is 2.44 bits per heavy atom. The number of nitrogens with zero attached hydrogens (tertiary/aromatic N) is 4. The average Bonchev–Trinajstić information content (AvgIpc) is 3.09. The predicted octanol–water partition coefficient (Wildman–Crippen LogP) is 4.81. The molecule has 1 saturated carbocycles. The number of hydrogen-bond donors (Lipinski definition) is 1. The molecule has 8 heteroatoms. The second-order valence-electron chi connectivity index (χ2n) is 8.44. The van der Waals surface area contributed by atoms with E-state index in [4.69, 9.17) is 4.98 Å². The number of fused-ring (bicyclic) bond motifs is 3. The van der Waals surface area contributed by atoms with Crippen molar-refractivity contribution in [2.24, 2.45) is 0 Å². The SMILES string of the molecule is CCc1ccc(S(=O)(=O)c2nnn3c2nc(NC2CCCCCC2)c2ccccc23)cc1. The summed E-state index contributed by atoms with van der Waals surface area (Å²) >= 11 is 0. The Labute approximate surface area is 187 Å². The highest BCUT2D eigenvalue weighted by Crippen LogP contribution is 2.30. The van der Waals surface area contributed by atoms with Gasteiger partial charge in [-0.05, 0) is 49.1 Å². The Balaban J connectivity index is 1.64. The summed E-state index contributed by atoms with van der Waals surface area (Å²) in [5, 5.41) is 12.6. The van der Waals surface area contributed by atoms with Gasteiger partial charge in [0.2, 0.25) is 14.9 Å². The van der Waals surface area contributed by atoms with Crippen LogP contribution in [0.1, 0.15) is 51.0 Å². The van der Waals surface area contributed by atoms with Crippen molar-refractivity contribution >= 4 is 32.2 Å². The minimum atomic E-state index is -3.86. The Morgan fingerprint density at radius 1 is 1.00 bits per heavy atom. The van der Waals surface area contributed by atoms with Crippen LogP contribution >= 0.6 is 0 Å². The lowest BCUT2D eigenvalue weighted by Gasteiger charge is -2.18. The summed E-state index contributed by atoms with van der Waals surface area (Å²) in [5.41, 5.74) is 2.11. The van der Waals surface area contributed by atoms with Crippen LogP contribution < -0.4 is 5.32 Å². The molecule has 1 fully saturated rings. The highest BCUT2D eigenvalue weighted by Gasteiger charge is 2.27. The summed E-state index contributed by atoms with van der Waals surface area (Å²) in [7, 11) is -3.86. The van der Waals surface area contributed by atoms with Gasteiger partial charge in [0.1, 0.15) is 5.82 Å². The number of sulfone groups is 1. The van der Waals surface area contributed by atoms with Gasteiger partial charge in [-0.15, -0.1) is 5.10 Å². The predicted molar refractivity (Wildman–Crippen MR) is 125 cm³/mol. The maximum Gasteiger partial charge on any atom is 0.229 e. The van der Waals surface area contributed by atoms with Crippen molar-refractivity contribution in [3.05, 3.63) is 54.1 Å². The second kappa shape index (κ2) is 8.50. The summed E-state index contributed by atoms with van der Waals surface area (Å²) in [6.45, 7) is 2.04. The van der Waals surface area contributed by atoms with Crippen LogP contribution in [0.2, 0.25) is 0 Å². The summed E-state index contributed by atoms with van der Waals surface area (Å²) in [6.07, 6.45) is 7.94. The number of aryl methyl sites for hydroxylation is 1. The third kappa shape index (κ3) is 3.72. The normalized spacial score (nSPS) is 15.8. The van der Waals surface area contributed by atoms with Gasteiger partial charge in [-0.2, -0.15) is 4.52 Å². The second-order valence-corrected chi connectivity index (χ2v) is 10.3. The molecule has 0 spiro atoms. The summed E-state index contributed by atoms with van der Waals surface area (Å²) in [5.74, 6) is 0.695. The van der Waals surface area contributed by atoms with E-state index in [9.17, 15) is 8.42 Å². The Bertz CT molecular complexity index is 1350. The largest absolute Gasteiger partial charge is 0.367 e. The molecule has 32 heavy (non-hydrogen) atoms. The zero-order chi connectivity index (χ0) is 22.1. The van der Waals surface area contributed by atoms with Gasteiger partial charge in [0.05, 0.1) is 10.4 Å². The van der Waals surface area contributed by atoms with E-state index in [2.05, 4.69) is 15.6 Å². The van der Waals surface area contributed by atoms with Gasteiger partial charge in [0, 0.05) is 11.4 Å².